The number of aliphatic imine (C=N–C) groups is 1. The number of nitrogens with one attached hydrogen (secondary N) is 1. The minimum absolute atomic E-state index is 0. The molecule has 29 heavy (non-hydrogen) atoms. The molecule has 158 valence electrons. The lowest BCUT2D eigenvalue weighted by molar-refractivity contribution is 0.370. The fourth-order valence-corrected chi connectivity index (χ4v) is 3.27. The van der Waals surface area contributed by atoms with E-state index in [2.05, 4.69) is 20.1 Å². The van der Waals surface area contributed by atoms with Crippen LogP contribution in [0.25, 0.3) is 0 Å². The minimum Gasteiger partial charge on any atom is -0.508 e. The van der Waals surface area contributed by atoms with Crippen LogP contribution in [-0.2, 0) is 6.54 Å². The number of nitrogens with zero attached hydrogens (tertiary/aromatic N) is 3. The molecule has 2 N–H and O–H groups in total. The van der Waals surface area contributed by atoms with Crippen LogP contribution in [0.1, 0.15) is 12.5 Å². The molecule has 8 heteroatoms. The molecular weight excluding hydrogens is 486 g/mol. The number of piperazine rings is 1. The maximum Gasteiger partial charge on any atom is 0.194 e. The first-order valence-corrected chi connectivity index (χ1v) is 9.51. The van der Waals surface area contributed by atoms with Gasteiger partial charge >= 0.3 is 0 Å². The predicted octanol–water partition coefficient (Wildman–Crippen LogP) is 3.45. The molecule has 0 amide bonds. The Balaban J connectivity index is 0.00000300. The summed E-state index contributed by atoms with van der Waals surface area (Å²) < 4.78 is 19.3. The summed E-state index contributed by atoms with van der Waals surface area (Å²) in [6.45, 7) is 6.03. The molecule has 1 aliphatic heterocycles. The molecule has 3 rings (SSSR count). The number of ether oxygens (including phenoxy) is 1. The van der Waals surface area contributed by atoms with E-state index in [-0.39, 0.29) is 35.5 Å². The van der Waals surface area contributed by atoms with E-state index in [0.29, 0.717) is 23.5 Å². The average Bonchev–Trinajstić information content (AvgIpc) is 2.73. The summed E-state index contributed by atoms with van der Waals surface area (Å²) in [5, 5.41) is 13.4. The van der Waals surface area contributed by atoms with Crippen molar-refractivity contribution in [3.63, 3.8) is 0 Å². The third kappa shape index (κ3) is 5.88. The van der Waals surface area contributed by atoms with Gasteiger partial charge in [0, 0.05) is 38.3 Å². The first kappa shape index (κ1) is 23.1. The summed E-state index contributed by atoms with van der Waals surface area (Å²) >= 11 is 0. The smallest absolute Gasteiger partial charge is 0.194 e. The third-order valence-corrected chi connectivity index (χ3v) is 4.79. The van der Waals surface area contributed by atoms with Crippen molar-refractivity contribution < 1.29 is 14.2 Å². The number of hydrogen-bond acceptors (Lipinski definition) is 4. The molecule has 0 radical (unpaired) electrons. The van der Waals surface area contributed by atoms with Gasteiger partial charge in [0.25, 0.3) is 0 Å². The maximum absolute atomic E-state index is 14.0. The molecule has 1 heterocycles. The van der Waals surface area contributed by atoms with Gasteiger partial charge < -0.3 is 25.0 Å². The van der Waals surface area contributed by atoms with Gasteiger partial charge in [0.15, 0.2) is 5.96 Å². The van der Waals surface area contributed by atoms with Crippen molar-refractivity contribution in [3.05, 3.63) is 53.8 Å². The number of methoxy groups -OCH3 is 1. The van der Waals surface area contributed by atoms with E-state index in [4.69, 9.17) is 4.74 Å². The molecular formula is C21H28FIN4O2. The number of para-hydroxylation sites is 1. The van der Waals surface area contributed by atoms with Crippen LogP contribution in [-0.4, -0.2) is 55.8 Å². The SMILES string of the molecule is CCNC(=NCc1cc(OC)ccc1O)N1CCN(c2ccccc2F)CC1.I. The number of aromatic hydroxyl groups is 1. The molecule has 6 nitrogen and oxygen atoms in total. The predicted molar refractivity (Wildman–Crippen MR) is 125 cm³/mol. The Morgan fingerprint density at radius 1 is 1.17 bits per heavy atom. The number of anilines is 1. The van der Waals surface area contributed by atoms with Crippen LogP contribution in [0.15, 0.2) is 47.5 Å². The van der Waals surface area contributed by atoms with Crippen molar-refractivity contribution >= 4 is 35.6 Å². The Bertz CT molecular complexity index is 826. The number of rotatable bonds is 5. The molecule has 0 spiro atoms. The van der Waals surface area contributed by atoms with Crippen molar-refractivity contribution in [1.82, 2.24) is 10.2 Å². The number of hydrogen-bond donors (Lipinski definition) is 2. The van der Waals surface area contributed by atoms with E-state index < -0.39 is 0 Å². The Hall–Kier alpha value is -2.23. The Kier molecular flexibility index (Phi) is 8.81. The summed E-state index contributed by atoms with van der Waals surface area (Å²) in [4.78, 5) is 8.91. The Morgan fingerprint density at radius 2 is 1.90 bits per heavy atom. The molecule has 0 aromatic heterocycles. The second kappa shape index (κ2) is 11.1. The molecule has 1 saturated heterocycles. The van der Waals surface area contributed by atoms with Gasteiger partial charge in [-0.25, -0.2) is 9.38 Å². The van der Waals surface area contributed by atoms with E-state index in [0.717, 1.165) is 38.7 Å². The Morgan fingerprint density at radius 3 is 2.55 bits per heavy atom. The van der Waals surface area contributed by atoms with Crippen LogP contribution in [0.5, 0.6) is 11.5 Å². The van der Waals surface area contributed by atoms with Crippen LogP contribution in [0, 0.1) is 5.82 Å². The molecule has 0 saturated carbocycles. The molecule has 0 bridgehead atoms. The second-order valence-corrected chi connectivity index (χ2v) is 6.59. The highest BCUT2D eigenvalue weighted by Gasteiger charge is 2.21. The summed E-state index contributed by atoms with van der Waals surface area (Å²) in [6, 6.07) is 12.0. The highest BCUT2D eigenvalue weighted by atomic mass is 127. The zero-order chi connectivity index (χ0) is 19.9. The van der Waals surface area contributed by atoms with Crippen LogP contribution in [0.2, 0.25) is 0 Å². The van der Waals surface area contributed by atoms with Crippen LogP contribution in [0.4, 0.5) is 10.1 Å². The highest BCUT2D eigenvalue weighted by molar-refractivity contribution is 14.0. The first-order chi connectivity index (χ1) is 13.6. The summed E-state index contributed by atoms with van der Waals surface area (Å²) in [5.74, 6) is 1.49. The largest absolute Gasteiger partial charge is 0.508 e. The molecule has 0 unspecified atom stereocenters. The summed E-state index contributed by atoms with van der Waals surface area (Å²) in [6.07, 6.45) is 0. The quantitative estimate of drug-likeness (QED) is 0.364. The minimum atomic E-state index is -0.190. The number of phenols is 1. The maximum atomic E-state index is 14.0. The van der Waals surface area contributed by atoms with Crippen molar-refractivity contribution in [3.8, 4) is 11.5 Å². The molecule has 0 atom stereocenters. The lowest BCUT2D eigenvalue weighted by Gasteiger charge is -2.37. The second-order valence-electron chi connectivity index (χ2n) is 6.59. The van der Waals surface area contributed by atoms with Crippen molar-refractivity contribution in [2.75, 3.05) is 44.7 Å². The fourth-order valence-electron chi connectivity index (χ4n) is 3.27. The van der Waals surface area contributed by atoms with Gasteiger partial charge in [-0.15, -0.1) is 24.0 Å². The van der Waals surface area contributed by atoms with Gasteiger partial charge in [-0.05, 0) is 37.3 Å². The van der Waals surface area contributed by atoms with E-state index in [9.17, 15) is 9.50 Å². The lowest BCUT2D eigenvalue weighted by atomic mass is 10.2. The standard InChI is InChI=1S/C21H27FN4O2.HI/c1-3-23-21(24-15-16-14-17(28-2)8-9-20(16)27)26-12-10-25(11-13-26)19-7-5-4-6-18(19)22;/h4-9,14,27H,3,10-13,15H2,1-2H3,(H,23,24);1H. The number of benzene rings is 2. The number of guanidine groups is 1. The number of phenolic OH excluding ortho intramolecular Hbond substituents is 1. The first-order valence-electron chi connectivity index (χ1n) is 9.51. The molecule has 1 fully saturated rings. The highest BCUT2D eigenvalue weighted by Crippen LogP contribution is 2.24. The lowest BCUT2D eigenvalue weighted by Crippen LogP contribution is -2.52. The normalized spacial score (nSPS) is 14.4. The van der Waals surface area contributed by atoms with Gasteiger partial charge in [-0.2, -0.15) is 0 Å². The van der Waals surface area contributed by atoms with Crippen LogP contribution >= 0.6 is 24.0 Å². The van der Waals surface area contributed by atoms with Gasteiger partial charge in [-0.1, -0.05) is 12.1 Å². The zero-order valence-electron chi connectivity index (χ0n) is 16.8. The van der Waals surface area contributed by atoms with Crippen molar-refractivity contribution in [2.24, 2.45) is 4.99 Å². The van der Waals surface area contributed by atoms with E-state index in [1.165, 1.54) is 6.07 Å². The fraction of sp³-hybridized carbons (Fsp3) is 0.381. The van der Waals surface area contributed by atoms with Crippen molar-refractivity contribution in [2.45, 2.75) is 13.5 Å². The topological polar surface area (TPSA) is 60.3 Å². The van der Waals surface area contributed by atoms with Crippen molar-refractivity contribution in [1.29, 1.82) is 0 Å². The third-order valence-electron chi connectivity index (χ3n) is 4.79. The monoisotopic (exact) mass is 514 g/mol. The molecule has 2 aromatic rings. The van der Waals surface area contributed by atoms with E-state index >= 15 is 0 Å². The molecule has 2 aromatic carbocycles. The Labute approximate surface area is 188 Å². The van der Waals surface area contributed by atoms with Gasteiger partial charge in [0.1, 0.15) is 17.3 Å². The van der Waals surface area contributed by atoms with Gasteiger partial charge in [-0.3, -0.25) is 0 Å². The van der Waals surface area contributed by atoms with Crippen LogP contribution in [0.3, 0.4) is 0 Å². The van der Waals surface area contributed by atoms with E-state index in [1.54, 1.807) is 31.4 Å². The summed E-state index contributed by atoms with van der Waals surface area (Å²) in [7, 11) is 1.60. The van der Waals surface area contributed by atoms with Gasteiger partial charge in [0.2, 0.25) is 0 Å². The number of halogens is 2. The van der Waals surface area contributed by atoms with E-state index in [1.807, 2.05) is 19.1 Å². The molecule has 1 aliphatic rings. The van der Waals surface area contributed by atoms with Gasteiger partial charge in [0.05, 0.1) is 19.3 Å². The molecule has 0 aliphatic carbocycles. The van der Waals surface area contributed by atoms with Crippen LogP contribution < -0.4 is 15.0 Å². The summed E-state index contributed by atoms with van der Waals surface area (Å²) in [5.41, 5.74) is 1.35. The average molecular weight is 514 g/mol. The zero-order valence-corrected chi connectivity index (χ0v) is 19.1.